The minimum absolute atomic E-state index is 0.124. The van der Waals surface area contributed by atoms with Crippen molar-refractivity contribution in [1.82, 2.24) is 0 Å². The zero-order valence-corrected chi connectivity index (χ0v) is 9.54. The Morgan fingerprint density at radius 1 is 1.36 bits per heavy atom. The Morgan fingerprint density at radius 2 is 2.00 bits per heavy atom. The Balaban J connectivity index is 2.04. The van der Waals surface area contributed by atoms with E-state index < -0.39 is 0 Å². The van der Waals surface area contributed by atoms with E-state index >= 15 is 0 Å². The third-order valence-corrected chi connectivity index (χ3v) is 4.60. The van der Waals surface area contributed by atoms with E-state index in [1.807, 2.05) is 0 Å². The van der Waals surface area contributed by atoms with Gasteiger partial charge >= 0.3 is 5.97 Å². The zero-order chi connectivity index (χ0) is 10.5. The molecule has 0 aliphatic heterocycles. The van der Waals surface area contributed by atoms with E-state index in [0.717, 1.165) is 18.3 Å². The van der Waals surface area contributed by atoms with Gasteiger partial charge in [0.1, 0.15) is 6.10 Å². The maximum atomic E-state index is 10.9. The Labute approximate surface area is 86.0 Å². The number of ether oxygens (including phenoxy) is 1. The first-order valence-corrected chi connectivity index (χ1v) is 5.60. The summed E-state index contributed by atoms with van der Waals surface area (Å²) < 4.78 is 5.36. The number of carbonyl (C=O) groups is 1. The van der Waals surface area contributed by atoms with E-state index in [9.17, 15) is 4.79 Å². The lowest BCUT2D eigenvalue weighted by Gasteiger charge is -2.61. The average Bonchev–Trinajstić information content (AvgIpc) is 2.06. The standard InChI is InChI=1S/C12H20O2/c1-7-10-5-9(12(10,3)4)6-11(7)14-8(2)13/h7,9-11H,5-6H2,1-4H3. The summed E-state index contributed by atoms with van der Waals surface area (Å²) in [5, 5.41) is 0. The van der Waals surface area contributed by atoms with Gasteiger partial charge in [0.25, 0.3) is 0 Å². The molecule has 0 aromatic carbocycles. The fourth-order valence-electron chi connectivity index (χ4n) is 3.47. The van der Waals surface area contributed by atoms with Crippen LogP contribution in [-0.4, -0.2) is 12.1 Å². The van der Waals surface area contributed by atoms with Gasteiger partial charge in [-0.25, -0.2) is 0 Å². The van der Waals surface area contributed by atoms with E-state index in [-0.39, 0.29) is 12.1 Å². The molecule has 3 aliphatic rings. The molecule has 3 rings (SSSR count). The fraction of sp³-hybridized carbons (Fsp3) is 0.917. The number of fused-ring (bicyclic) bond motifs is 2. The summed E-state index contributed by atoms with van der Waals surface area (Å²) in [5.41, 5.74) is 0.482. The molecule has 3 saturated carbocycles. The van der Waals surface area contributed by atoms with E-state index in [1.165, 1.54) is 13.3 Å². The molecule has 2 nitrogen and oxygen atoms in total. The van der Waals surface area contributed by atoms with Crippen molar-refractivity contribution in [2.75, 3.05) is 0 Å². The Bertz CT molecular complexity index is 257. The van der Waals surface area contributed by atoms with Gasteiger partial charge in [-0.15, -0.1) is 0 Å². The summed E-state index contributed by atoms with van der Waals surface area (Å²) in [6.45, 7) is 8.45. The summed E-state index contributed by atoms with van der Waals surface area (Å²) in [5.74, 6) is 1.94. The van der Waals surface area contributed by atoms with E-state index in [0.29, 0.717) is 11.3 Å². The van der Waals surface area contributed by atoms with Crippen LogP contribution in [0.4, 0.5) is 0 Å². The van der Waals surface area contributed by atoms with Crippen LogP contribution in [0.5, 0.6) is 0 Å². The molecule has 3 fully saturated rings. The quantitative estimate of drug-likeness (QED) is 0.603. The lowest BCUT2D eigenvalue weighted by atomic mass is 9.45. The molecule has 2 heteroatoms. The predicted molar refractivity (Wildman–Crippen MR) is 54.7 cm³/mol. The third-order valence-electron chi connectivity index (χ3n) is 4.60. The molecular weight excluding hydrogens is 176 g/mol. The van der Waals surface area contributed by atoms with Crippen molar-refractivity contribution < 1.29 is 9.53 Å². The number of esters is 1. The van der Waals surface area contributed by atoms with Gasteiger partial charge < -0.3 is 4.74 Å². The molecule has 14 heavy (non-hydrogen) atoms. The number of hydrogen-bond donors (Lipinski definition) is 0. The van der Waals surface area contributed by atoms with E-state index in [4.69, 9.17) is 4.74 Å². The number of carbonyl (C=O) groups excluding carboxylic acids is 1. The Morgan fingerprint density at radius 3 is 2.43 bits per heavy atom. The molecule has 0 heterocycles. The first-order valence-electron chi connectivity index (χ1n) is 5.60. The van der Waals surface area contributed by atoms with Gasteiger partial charge in [0.2, 0.25) is 0 Å². The minimum Gasteiger partial charge on any atom is -0.462 e. The monoisotopic (exact) mass is 196 g/mol. The second-order valence-electron chi connectivity index (χ2n) is 5.60. The van der Waals surface area contributed by atoms with Gasteiger partial charge in [-0.1, -0.05) is 20.8 Å². The molecule has 0 amide bonds. The highest BCUT2D eigenvalue weighted by atomic mass is 16.5. The van der Waals surface area contributed by atoms with Crippen molar-refractivity contribution in [3.63, 3.8) is 0 Å². The lowest BCUT2D eigenvalue weighted by Crippen LogP contribution is -2.57. The summed E-state index contributed by atoms with van der Waals surface area (Å²) in [6.07, 6.45) is 2.60. The average molecular weight is 196 g/mol. The zero-order valence-electron chi connectivity index (χ0n) is 9.54. The summed E-state index contributed by atoms with van der Waals surface area (Å²) in [6, 6.07) is 0. The molecule has 3 aliphatic carbocycles. The van der Waals surface area contributed by atoms with Crippen LogP contribution in [-0.2, 0) is 9.53 Å². The molecule has 0 saturated heterocycles. The number of hydrogen-bond acceptors (Lipinski definition) is 2. The minimum atomic E-state index is -0.124. The van der Waals surface area contributed by atoms with E-state index in [2.05, 4.69) is 20.8 Å². The molecule has 0 aromatic rings. The molecule has 4 atom stereocenters. The highest BCUT2D eigenvalue weighted by Crippen LogP contribution is 2.61. The smallest absolute Gasteiger partial charge is 0.302 e. The Kier molecular flexibility index (Phi) is 2.13. The van der Waals surface area contributed by atoms with Gasteiger partial charge in [0.15, 0.2) is 0 Å². The van der Waals surface area contributed by atoms with Crippen molar-refractivity contribution in [3.8, 4) is 0 Å². The maximum Gasteiger partial charge on any atom is 0.302 e. The summed E-state index contributed by atoms with van der Waals surface area (Å²) in [7, 11) is 0. The van der Waals surface area contributed by atoms with Crippen molar-refractivity contribution in [2.45, 2.75) is 46.6 Å². The summed E-state index contributed by atoms with van der Waals surface area (Å²) >= 11 is 0. The summed E-state index contributed by atoms with van der Waals surface area (Å²) in [4.78, 5) is 10.9. The van der Waals surface area contributed by atoms with Gasteiger partial charge in [-0.3, -0.25) is 4.79 Å². The van der Waals surface area contributed by atoms with Crippen molar-refractivity contribution in [3.05, 3.63) is 0 Å². The van der Waals surface area contributed by atoms with Gasteiger partial charge in [0, 0.05) is 6.92 Å². The maximum absolute atomic E-state index is 10.9. The molecule has 0 N–H and O–H groups in total. The van der Waals surface area contributed by atoms with Crippen molar-refractivity contribution >= 4 is 5.97 Å². The fourth-order valence-corrected chi connectivity index (χ4v) is 3.47. The topological polar surface area (TPSA) is 26.3 Å². The highest BCUT2D eigenvalue weighted by Gasteiger charge is 2.57. The van der Waals surface area contributed by atoms with Crippen molar-refractivity contribution in [2.24, 2.45) is 23.2 Å². The SMILES string of the molecule is CC(=O)OC1CC2CC(C1C)C2(C)C. The Hall–Kier alpha value is -0.530. The van der Waals surface area contributed by atoms with Crippen LogP contribution >= 0.6 is 0 Å². The molecule has 0 radical (unpaired) electrons. The molecule has 0 aromatic heterocycles. The second kappa shape index (κ2) is 2.98. The largest absolute Gasteiger partial charge is 0.462 e. The lowest BCUT2D eigenvalue weighted by molar-refractivity contribution is -0.184. The molecule has 80 valence electrons. The van der Waals surface area contributed by atoms with Gasteiger partial charge in [0.05, 0.1) is 0 Å². The van der Waals surface area contributed by atoms with Crippen LogP contribution in [0.25, 0.3) is 0 Å². The second-order valence-corrected chi connectivity index (χ2v) is 5.60. The van der Waals surface area contributed by atoms with Gasteiger partial charge in [-0.05, 0) is 36.0 Å². The van der Waals surface area contributed by atoms with Crippen molar-refractivity contribution in [1.29, 1.82) is 0 Å². The first-order chi connectivity index (χ1) is 6.43. The molecule has 4 unspecified atom stereocenters. The van der Waals surface area contributed by atoms with Gasteiger partial charge in [-0.2, -0.15) is 0 Å². The normalized spacial score (nSPS) is 44.0. The van der Waals surface area contributed by atoms with Crippen LogP contribution in [0.15, 0.2) is 0 Å². The van der Waals surface area contributed by atoms with Crippen LogP contribution in [0, 0.1) is 23.2 Å². The van der Waals surface area contributed by atoms with Crippen LogP contribution in [0.2, 0.25) is 0 Å². The third kappa shape index (κ3) is 1.27. The highest BCUT2D eigenvalue weighted by molar-refractivity contribution is 5.66. The van der Waals surface area contributed by atoms with Crippen LogP contribution in [0.1, 0.15) is 40.5 Å². The molecule has 0 spiro atoms. The first kappa shape index (κ1) is 10.0. The van der Waals surface area contributed by atoms with Crippen LogP contribution < -0.4 is 0 Å². The molecular formula is C12H20O2. The number of rotatable bonds is 1. The molecule has 2 bridgehead atoms. The van der Waals surface area contributed by atoms with Crippen LogP contribution in [0.3, 0.4) is 0 Å². The predicted octanol–water partition coefficient (Wildman–Crippen LogP) is 2.62. The van der Waals surface area contributed by atoms with E-state index in [1.54, 1.807) is 0 Å².